The van der Waals surface area contributed by atoms with Crippen LogP contribution in [0.2, 0.25) is 0 Å². The number of para-hydroxylation sites is 2. The molecule has 0 atom stereocenters. The van der Waals surface area contributed by atoms with Gasteiger partial charge in [0.15, 0.2) is 17.5 Å². The number of rotatable bonds is 6. The van der Waals surface area contributed by atoms with Gasteiger partial charge in [0.1, 0.15) is 11.2 Å². The standard InChI is InChI=1S/C59H36N4O/c1-3-15-37(16-4-1)38-27-29-39(30-28-38)49-36-51(44-21-9-10-24-48(44)56(49)63-52-25-13-11-22-45(52)50-33-41-19-7-8-20-42(41)34-53(50)63)59-61-57(40-17-5-2-6-18-40)60-58(62-59)43-31-32-47-46-23-12-14-26-54(46)64-55(47)35-43/h1-36H. The van der Waals surface area contributed by atoms with Crippen molar-refractivity contribution >= 4 is 65.3 Å². The summed E-state index contributed by atoms with van der Waals surface area (Å²) in [5, 5.41) is 9.09. The van der Waals surface area contributed by atoms with E-state index in [0.29, 0.717) is 17.5 Å². The number of hydrogen-bond donors (Lipinski definition) is 0. The molecule has 0 N–H and O–H groups in total. The molecule has 5 nitrogen and oxygen atoms in total. The van der Waals surface area contributed by atoms with E-state index in [1.54, 1.807) is 0 Å². The quantitative estimate of drug-likeness (QED) is 0.168. The van der Waals surface area contributed by atoms with Gasteiger partial charge in [-0.15, -0.1) is 0 Å². The van der Waals surface area contributed by atoms with E-state index in [1.165, 1.54) is 27.1 Å². The summed E-state index contributed by atoms with van der Waals surface area (Å²) in [6, 6.07) is 77.2. The molecule has 0 saturated heterocycles. The molecular weight excluding hydrogens is 781 g/mol. The molecule has 0 aliphatic rings. The zero-order valence-electron chi connectivity index (χ0n) is 34.5. The van der Waals surface area contributed by atoms with Gasteiger partial charge >= 0.3 is 0 Å². The maximum absolute atomic E-state index is 6.36. The Morgan fingerprint density at radius 3 is 1.62 bits per heavy atom. The van der Waals surface area contributed by atoms with Gasteiger partial charge in [0.25, 0.3) is 0 Å². The Morgan fingerprint density at radius 1 is 0.297 bits per heavy atom. The SMILES string of the molecule is c1ccc(-c2ccc(-c3cc(-c4nc(-c5ccccc5)nc(-c5ccc6c(c5)oc5ccccc56)n4)c4ccccc4c3-n3c4ccccc4c4cc5ccccc5cc43)cc2)cc1. The fraction of sp³-hybridized carbons (Fsp3) is 0. The molecule has 13 aromatic rings. The van der Waals surface area contributed by atoms with Gasteiger partial charge in [0, 0.05) is 49.2 Å². The first-order chi connectivity index (χ1) is 31.7. The average molecular weight is 817 g/mol. The molecular formula is C59H36N4O. The van der Waals surface area contributed by atoms with Crippen LogP contribution in [-0.4, -0.2) is 19.5 Å². The highest BCUT2D eigenvalue weighted by Crippen LogP contribution is 2.45. The fourth-order valence-corrected chi connectivity index (χ4v) is 9.58. The number of benzene rings is 10. The fourth-order valence-electron chi connectivity index (χ4n) is 9.58. The Hall–Kier alpha value is -8.67. The van der Waals surface area contributed by atoms with Gasteiger partial charge in [-0.25, -0.2) is 15.0 Å². The van der Waals surface area contributed by atoms with Crippen LogP contribution in [-0.2, 0) is 0 Å². The molecule has 10 aromatic carbocycles. The van der Waals surface area contributed by atoms with Crippen molar-refractivity contribution < 1.29 is 4.42 Å². The first-order valence-corrected chi connectivity index (χ1v) is 21.6. The molecule has 0 aliphatic carbocycles. The lowest BCUT2D eigenvalue weighted by atomic mass is 9.92. The van der Waals surface area contributed by atoms with Gasteiger partial charge < -0.3 is 8.98 Å². The largest absolute Gasteiger partial charge is 0.456 e. The predicted molar refractivity (Wildman–Crippen MR) is 264 cm³/mol. The van der Waals surface area contributed by atoms with Crippen LogP contribution >= 0.6 is 0 Å². The number of furan rings is 1. The van der Waals surface area contributed by atoms with Crippen molar-refractivity contribution in [2.45, 2.75) is 0 Å². The summed E-state index contributed by atoms with van der Waals surface area (Å²) in [5.41, 5.74) is 12.2. The monoisotopic (exact) mass is 816 g/mol. The minimum atomic E-state index is 0.572. The lowest BCUT2D eigenvalue weighted by Gasteiger charge is -2.20. The number of nitrogens with zero attached hydrogens (tertiary/aromatic N) is 4. The maximum Gasteiger partial charge on any atom is 0.164 e. The minimum Gasteiger partial charge on any atom is -0.456 e. The first kappa shape index (κ1) is 36.0. The van der Waals surface area contributed by atoms with E-state index in [0.717, 1.165) is 82.8 Å². The van der Waals surface area contributed by atoms with Crippen LogP contribution in [0.4, 0.5) is 0 Å². The third-order valence-corrected chi connectivity index (χ3v) is 12.6. The molecule has 0 spiro atoms. The van der Waals surface area contributed by atoms with Gasteiger partial charge in [-0.1, -0.05) is 176 Å². The smallest absolute Gasteiger partial charge is 0.164 e. The first-order valence-electron chi connectivity index (χ1n) is 21.6. The van der Waals surface area contributed by atoms with E-state index in [-0.39, 0.29) is 0 Å². The molecule has 0 fully saturated rings. The molecule has 0 aliphatic heterocycles. The lowest BCUT2D eigenvalue weighted by Crippen LogP contribution is -2.03. The molecule has 0 radical (unpaired) electrons. The summed E-state index contributed by atoms with van der Waals surface area (Å²) >= 11 is 0. The molecule has 5 heteroatoms. The van der Waals surface area contributed by atoms with E-state index in [9.17, 15) is 0 Å². The summed E-state index contributed by atoms with van der Waals surface area (Å²) in [6.45, 7) is 0. The van der Waals surface area contributed by atoms with Crippen molar-refractivity contribution in [3.8, 4) is 62.1 Å². The van der Waals surface area contributed by atoms with Gasteiger partial charge in [-0.2, -0.15) is 0 Å². The third kappa shape index (κ3) is 5.83. The van der Waals surface area contributed by atoms with Crippen molar-refractivity contribution in [1.29, 1.82) is 0 Å². The van der Waals surface area contributed by atoms with E-state index < -0.39 is 0 Å². The summed E-state index contributed by atoms with van der Waals surface area (Å²) < 4.78 is 8.84. The van der Waals surface area contributed by atoms with Crippen molar-refractivity contribution in [2.24, 2.45) is 0 Å². The van der Waals surface area contributed by atoms with Crippen LogP contribution < -0.4 is 0 Å². The van der Waals surface area contributed by atoms with E-state index in [1.807, 2.05) is 36.4 Å². The molecule has 0 unspecified atom stereocenters. The Morgan fingerprint density at radius 2 is 0.844 bits per heavy atom. The highest BCUT2D eigenvalue weighted by molar-refractivity contribution is 6.16. The van der Waals surface area contributed by atoms with Gasteiger partial charge in [-0.3, -0.25) is 0 Å². The second-order valence-electron chi connectivity index (χ2n) is 16.4. The summed E-state index contributed by atoms with van der Waals surface area (Å²) in [6.07, 6.45) is 0. The molecule has 0 saturated carbocycles. The molecule has 13 rings (SSSR count). The average Bonchev–Trinajstić information content (AvgIpc) is 3.90. The molecule has 0 bridgehead atoms. The molecule has 298 valence electrons. The third-order valence-electron chi connectivity index (χ3n) is 12.6. The highest BCUT2D eigenvalue weighted by Gasteiger charge is 2.23. The second-order valence-corrected chi connectivity index (χ2v) is 16.4. The van der Waals surface area contributed by atoms with Crippen molar-refractivity contribution in [2.75, 3.05) is 0 Å². The number of hydrogen-bond acceptors (Lipinski definition) is 4. The second kappa shape index (κ2) is 14.5. The Kier molecular flexibility index (Phi) is 8.15. The van der Waals surface area contributed by atoms with Gasteiger partial charge in [0.2, 0.25) is 0 Å². The normalized spacial score (nSPS) is 11.8. The van der Waals surface area contributed by atoms with Crippen molar-refractivity contribution in [3.63, 3.8) is 0 Å². The summed E-state index contributed by atoms with van der Waals surface area (Å²) in [5.74, 6) is 1.76. The molecule has 0 amide bonds. The Labute approximate surface area is 368 Å². The minimum absolute atomic E-state index is 0.572. The van der Waals surface area contributed by atoms with Crippen molar-refractivity contribution in [1.82, 2.24) is 19.5 Å². The van der Waals surface area contributed by atoms with Crippen LogP contribution in [0.15, 0.2) is 223 Å². The topological polar surface area (TPSA) is 56.7 Å². The highest BCUT2D eigenvalue weighted by atomic mass is 16.3. The Balaban J connectivity index is 1.11. The van der Waals surface area contributed by atoms with E-state index in [4.69, 9.17) is 19.4 Å². The maximum atomic E-state index is 6.36. The predicted octanol–water partition coefficient (Wildman–Crippen LogP) is 15.5. The van der Waals surface area contributed by atoms with Crippen LogP contribution in [0.25, 0.3) is 127 Å². The van der Waals surface area contributed by atoms with Gasteiger partial charge in [-0.05, 0) is 75.3 Å². The summed E-state index contributed by atoms with van der Waals surface area (Å²) in [4.78, 5) is 15.8. The van der Waals surface area contributed by atoms with Crippen LogP contribution in [0.5, 0.6) is 0 Å². The van der Waals surface area contributed by atoms with E-state index in [2.05, 4.69) is 187 Å². The zero-order valence-corrected chi connectivity index (χ0v) is 34.5. The molecule has 64 heavy (non-hydrogen) atoms. The summed E-state index contributed by atoms with van der Waals surface area (Å²) in [7, 11) is 0. The molecule has 3 aromatic heterocycles. The zero-order chi connectivity index (χ0) is 42.1. The van der Waals surface area contributed by atoms with Gasteiger partial charge in [0.05, 0.1) is 16.7 Å². The van der Waals surface area contributed by atoms with Crippen LogP contribution in [0, 0.1) is 0 Å². The van der Waals surface area contributed by atoms with Crippen molar-refractivity contribution in [3.05, 3.63) is 218 Å². The Bertz CT molecular complexity index is 3940. The van der Waals surface area contributed by atoms with Crippen LogP contribution in [0.1, 0.15) is 0 Å². The lowest BCUT2D eigenvalue weighted by molar-refractivity contribution is 0.669. The number of fused-ring (bicyclic) bond motifs is 8. The number of aromatic nitrogens is 4. The molecule has 3 heterocycles. The van der Waals surface area contributed by atoms with Crippen LogP contribution in [0.3, 0.4) is 0 Å². The van der Waals surface area contributed by atoms with E-state index >= 15 is 0 Å².